The van der Waals surface area contributed by atoms with Crippen LogP contribution in [-0.4, -0.2) is 27.7 Å². The van der Waals surface area contributed by atoms with Crippen molar-refractivity contribution < 1.29 is 14.6 Å². The van der Waals surface area contributed by atoms with Gasteiger partial charge in [-0.1, -0.05) is 19.1 Å². The summed E-state index contributed by atoms with van der Waals surface area (Å²) < 4.78 is 6.89. The number of benzene rings is 1. The van der Waals surface area contributed by atoms with E-state index in [1.54, 1.807) is 11.7 Å². The van der Waals surface area contributed by atoms with Crippen molar-refractivity contribution in [1.29, 1.82) is 0 Å². The Hall–Kier alpha value is -2.67. The summed E-state index contributed by atoms with van der Waals surface area (Å²) in [7, 11) is 1.61. The zero-order chi connectivity index (χ0) is 18.7. The molecule has 26 heavy (non-hydrogen) atoms. The number of carboxylic acids is 1. The van der Waals surface area contributed by atoms with Crippen molar-refractivity contribution in [1.82, 2.24) is 9.55 Å². The van der Waals surface area contributed by atoms with E-state index in [0.29, 0.717) is 35.4 Å². The summed E-state index contributed by atoms with van der Waals surface area (Å²) in [6.45, 7) is 2.29. The Kier molecular flexibility index (Phi) is 5.37. The molecule has 0 spiro atoms. The molecule has 0 amide bonds. The molecule has 0 aliphatic rings. The third-order valence-electron chi connectivity index (χ3n) is 4.24. The van der Waals surface area contributed by atoms with Crippen LogP contribution < -0.4 is 10.3 Å². The van der Waals surface area contributed by atoms with Gasteiger partial charge in [0.05, 0.1) is 12.5 Å². The van der Waals surface area contributed by atoms with Crippen LogP contribution in [0.2, 0.25) is 0 Å². The van der Waals surface area contributed by atoms with E-state index in [0.717, 1.165) is 16.9 Å². The fourth-order valence-electron chi connectivity index (χ4n) is 2.96. The van der Waals surface area contributed by atoms with Crippen LogP contribution in [0, 0.1) is 0 Å². The lowest BCUT2D eigenvalue weighted by Crippen LogP contribution is -2.25. The number of fused-ring (bicyclic) bond motifs is 1. The van der Waals surface area contributed by atoms with E-state index >= 15 is 0 Å². The van der Waals surface area contributed by atoms with Gasteiger partial charge in [-0.25, -0.2) is 4.98 Å². The van der Waals surface area contributed by atoms with E-state index in [9.17, 15) is 9.59 Å². The van der Waals surface area contributed by atoms with Crippen LogP contribution in [0.1, 0.15) is 25.6 Å². The molecule has 0 unspecified atom stereocenters. The number of ether oxygens (including phenoxy) is 1. The van der Waals surface area contributed by atoms with Crippen molar-refractivity contribution in [3.8, 4) is 16.9 Å². The molecule has 2 heterocycles. The number of nitrogens with zero attached hydrogens (tertiary/aromatic N) is 2. The summed E-state index contributed by atoms with van der Waals surface area (Å²) in [6.07, 6.45) is 1.04. The normalized spacial score (nSPS) is 11.0. The molecule has 0 atom stereocenters. The SMILES string of the molecule is CCc1nc2scc(-c3cccc(OC)c3)c2c(=O)n1CCCC(=O)O. The summed E-state index contributed by atoms with van der Waals surface area (Å²) in [6, 6.07) is 7.57. The molecular weight excluding hydrogens is 352 g/mol. The van der Waals surface area contributed by atoms with E-state index in [1.807, 2.05) is 36.6 Å². The van der Waals surface area contributed by atoms with Gasteiger partial charge in [-0.05, 0) is 24.1 Å². The Morgan fingerprint density at radius 2 is 2.19 bits per heavy atom. The van der Waals surface area contributed by atoms with Gasteiger partial charge < -0.3 is 9.84 Å². The molecule has 1 aromatic carbocycles. The van der Waals surface area contributed by atoms with Crippen molar-refractivity contribution in [2.45, 2.75) is 32.7 Å². The molecule has 0 aliphatic carbocycles. The van der Waals surface area contributed by atoms with E-state index < -0.39 is 5.97 Å². The fraction of sp³-hybridized carbons (Fsp3) is 0.316. The largest absolute Gasteiger partial charge is 0.497 e. The lowest BCUT2D eigenvalue weighted by Gasteiger charge is -2.11. The standard InChI is InChI=1S/C19H20N2O4S/c1-3-15-20-18-17(19(24)21(15)9-5-8-16(22)23)14(11-26-18)12-6-4-7-13(10-12)25-2/h4,6-7,10-11H,3,5,8-9H2,1-2H3,(H,22,23). The minimum absolute atomic E-state index is 0.0278. The van der Waals surface area contributed by atoms with Gasteiger partial charge in [0.25, 0.3) is 5.56 Å². The molecule has 3 rings (SSSR count). The number of thiophene rings is 1. The van der Waals surface area contributed by atoms with Crippen LogP contribution in [0.3, 0.4) is 0 Å². The van der Waals surface area contributed by atoms with Crippen molar-refractivity contribution in [3.05, 3.63) is 45.8 Å². The fourth-order valence-corrected chi connectivity index (χ4v) is 3.91. The van der Waals surface area contributed by atoms with E-state index in [-0.39, 0.29) is 12.0 Å². The first-order valence-corrected chi connectivity index (χ1v) is 9.30. The van der Waals surface area contributed by atoms with Crippen molar-refractivity contribution in [3.63, 3.8) is 0 Å². The molecule has 2 aromatic heterocycles. The van der Waals surface area contributed by atoms with E-state index in [2.05, 4.69) is 4.98 Å². The van der Waals surface area contributed by atoms with Crippen LogP contribution in [-0.2, 0) is 17.8 Å². The Morgan fingerprint density at radius 3 is 2.88 bits per heavy atom. The quantitative estimate of drug-likeness (QED) is 0.686. The third-order valence-corrected chi connectivity index (χ3v) is 5.11. The molecule has 0 saturated carbocycles. The Morgan fingerprint density at radius 1 is 1.38 bits per heavy atom. The van der Waals surface area contributed by atoms with Gasteiger partial charge in [0, 0.05) is 30.3 Å². The van der Waals surface area contributed by atoms with Crippen molar-refractivity contribution >= 4 is 27.5 Å². The average Bonchev–Trinajstić information content (AvgIpc) is 3.07. The number of carbonyl (C=O) groups is 1. The molecule has 6 nitrogen and oxygen atoms in total. The molecule has 0 fully saturated rings. The zero-order valence-electron chi connectivity index (χ0n) is 14.7. The predicted molar refractivity (Wildman–Crippen MR) is 102 cm³/mol. The number of hydrogen-bond acceptors (Lipinski definition) is 5. The highest BCUT2D eigenvalue weighted by Gasteiger charge is 2.16. The van der Waals surface area contributed by atoms with Crippen LogP contribution in [0.25, 0.3) is 21.3 Å². The summed E-state index contributed by atoms with van der Waals surface area (Å²) in [5.41, 5.74) is 1.61. The molecule has 136 valence electrons. The molecule has 7 heteroatoms. The second-order valence-corrected chi connectivity index (χ2v) is 6.76. The first kappa shape index (κ1) is 18.1. The van der Waals surface area contributed by atoms with Crippen LogP contribution >= 0.6 is 11.3 Å². The number of aliphatic carboxylic acids is 1. The Labute approximate surface area is 154 Å². The summed E-state index contributed by atoms with van der Waals surface area (Å²) in [5.74, 6) is 0.548. The Balaban J connectivity index is 2.12. The van der Waals surface area contributed by atoms with Gasteiger partial charge in [-0.15, -0.1) is 11.3 Å². The highest BCUT2D eigenvalue weighted by molar-refractivity contribution is 7.17. The van der Waals surface area contributed by atoms with Gasteiger partial charge in [0.15, 0.2) is 0 Å². The minimum Gasteiger partial charge on any atom is -0.497 e. The lowest BCUT2D eigenvalue weighted by molar-refractivity contribution is -0.137. The van der Waals surface area contributed by atoms with Gasteiger partial charge in [0.2, 0.25) is 0 Å². The van der Waals surface area contributed by atoms with Crippen molar-refractivity contribution in [2.75, 3.05) is 7.11 Å². The maximum Gasteiger partial charge on any atom is 0.303 e. The number of hydrogen-bond donors (Lipinski definition) is 1. The summed E-state index contributed by atoms with van der Waals surface area (Å²) in [4.78, 5) is 29.3. The lowest BCUT2D eigenvalue weighted by atomic mass is 10.1. The maximum absolute atomic E-state index is 13.1. The average molecular weight is 372 g/mol. The monoisotopic (exact) mass is 372 g/mol. The number of carboxylic acid groups (broad SMARTS) is 1. The minimum atomic E-state index is -0.863. The molecular formula is C19H20N2O4S. The molecule has 3 aromatic rings. The Bertz CT molecular complexity index is 1010. The number of rotatable bonds is 7. The molecule has 0 aliphatic heterocycles. The van der Waals surface area contributed by atoms with Crippen LogP contribution in [0.4, 0.5) is 0 Å². The van der Waals surface area contributed by atoms with Gasteiger partial charge in [0.1, 0.15) is 16.4 Å². The smallest absolute Gasteiger partial charge is 0.303 e. The van der Waals surface area contributed by atoms with Crippen LogP contribution in [0.15, 0.2) is 34.4 Å². The summed E-state index contributed by atoms with van der Waals surface area (Å²) >= 11 is 1.44. The van der Waals surface area contributed by atoms with Gasteiger partial charge in [-0.3, -0.25) is 14.2 Å². The number of aryl methyl sites for hydroxylation is 1. The summed E-state index contributed by atoms with van der Waals surface area (Å²) in [5, 5.41) is 11.4. The van der Waals surface area contributed by atoms with Gasteiger partial charge in [-0.2, -0.15) is 0 Å². The number of aromatic nitrogens is 2. The topological polar surface area (TPSA) is 81.4 Å². The van der Waals surface area contributed by atoms with Crippen molar-refractivity contribution in [2.24, 2.45) is 0 Å². The van der Waals surface area contributed by atoms with E-state index in [4.69, 9.17) is 9.84 Å². The third kappa shape index (κ3) is 3.48. The first-order chi connectivity index (χ1) is 12.5. The second-order valence-electron chi connectivity index (χ2n) is 5.90. The predicted octanol–water partition coefficient (Wildman–Crippen LogP) is 3.56. The van der Waals surface area contributed by atoms with Gasteiger partial charge >= 0.3 is 5.97 Å². The zero-order valence-corrected chi connectivity index (χ0v) is 15.5. The number of methoxy groups -OCH3 is 1. The van der Waals surface area contributed by atoms with Crippen LogP contribution in [0.5, 0.6) is 5.75 Å². The molecule has 0 radical (unpaired) electrons. The first-order valence-electron chi connectivity index (χ1n) is 8.42. The highest BCUT2D eigenvalue weighted by atomic mass is 32.1. The maximum atomic E-state index is 13.1. The molecule has 0 saturated heterocycles. The molecule has 1 N–H and O–H groups in total. The highest BCUT2D eigenvalue weighted by Crippen LogP contribution is 2.32. The molecule has 0 bridgehead atoms. The second kappa shape index (κ2) is 7.70. The van der Waals surface area contributed by atoms with E-state index in [1.165, 1.54) is 11.3 Å².